The highest BCUT2D eigenvalue weighted by Crippen LogP contribution is 2.38. The molecule has 0 saturated heterocycles. The molecule has 6 nitrogen and oxygen atoms in total. The zero-order valence-corrected chi connectivity index (χ0v) is 18.6. The first-order valence-electron chi connectivity index (χ1n) is 10.9. The molecule has 0 radical (unpaired) electrons. The first-order chi connectivity index (χ1) is 15.4. The highest BCUT2D eigenvalue weighted by Gasteiger charge is 2.34. The minimum atomic E-state index is -4.39. The van der Waals surface area contributed by atoms with E-state index in [9.17, 15) is 13.2 Å². The largest absolute Gasteiger partial charge is 0.474 e. The van der Waals surface area contributed by atoms with Crippen molar-refractivity contribution in [3.05, 3.63) is 65.4 Å². The van der Waals surface area contributed by atoms with Crippen molar-refractivity contribution in [1.29, 1.82) is 0 Å². The second kappa shape index (κ2) is 9.30. The van der Waals surface area contributed by atoms with Gasteiger partial charge in [0.1, 0.15) is 17.8 Å². The highest BCUT2D eigenvalue weighted by atomic mass is 35.5. The molecule has 1 aromatic carbocycles. The Bertz CT molecular complexity index is 1100. The number of halogens is 4. The summed E-state index contributed by atoms with van der Waals surface area (Å²) < 4.78 is 47.8. The Labute approximate surface area is 195 Å². The molecule has 1 aliphatic carbocycles. The lowest BCUT2D eigenvalue weighted by Gasteiger charge is -2.28. The zero-order valence-electron chi connectivity index (χ0n) is 17.8. The molecule has 0 bridgehead atoms. The van der Waals surface area contributed by atoms with Crippen LogP contribution in [-0.2, 0) is 19.0 Å². The summed E-state index contributed by atoms with van der Waals surface area (Å²) in [4.78, 5) is 4.23. The number of nitrogens with two attached hydrogens (primary N) is 1. The summed E-state index contributed by atoms with van der Waals surface area (Å²) in [6.07, 6.45) is 1.66. The van der Waals surface area contributed by atoms with Crippen LogP contribution < -0.4 is 10.5 Å². The third-order valence-corrected chi connectivity index (χ3v) is 6.29. The van der Waals surface area contributed by atoms with Crippen molar-refractivity contribution >= 4 is 12.4 Å². The van der Waals surface area contributed by atoms with Gasteiger partial charge in [0.25, 0.3) is 0 Å². The Morgan fingerprint density at radius 2 is 1.79 bits per heavy atom. The summed E-state index contributed by atoms with van der Waals surface area (Å²) in [5.74, 6) is 2.28. The number of alkyl halides is 3. The first-order valence-corrected chi connectivity index (χ1v) is 10.9. The summed E-state index contributed by atoms with van der Waals surface area (Å²) >= 11 is 0. The average molecular weight is 480 g/mol. The smallest absolute Gasteiger partial charge is 0.416 e. The van der Waals surface area contributed by atoms with E-state index in [4.69, 9.17) is 10.5 Å². The summed E-state index contributed by atoms with van der Waals surface area (Å²) in [6, 6.07) is 9.15. The van der Waals surface area contributed by atoms with E-state index in [0.717, 1.165) is 37.6 Å². The Kier molecular flexibility index (Phi) is 6.63. The van der Waals surface area contributed by atoms with E-state index in [1.165, 1.54) is 12.1 Å². The summed E-state index contributed by atoms with van der Waals surface area (Å²) in [5.41, 5.74) is 6.84. The summed E-state index contributed by atoms with van der Waals surface area (Å²) in [7, 11) is 0. The number of nitrogens with zero attached hydrogens (tertiary/aromatic N) is 4. The van der Waals surface area contributed by atoms with Crippen LogP contribution >= 0.6 is 12.4 Å². The Morgan fingerprint density at radius 1 is 1.00 bits per heavy atom. The molecule has 10 heteroatoms. The van der Waals surface area contributed by atoms with Gasteiger partial charge in [0.15, 0.2) is 0 Å². The number of ether oxygens (including phenoxy) is 1. The fraction of sp³-hybridized carbons (Fsp3) is 0.435. The van der Waals surface area contributed by atoms with E-state index in [0.29, 0.717) is 35.8 Å². The van der Waals surface area contributed by atoms with Crippen molar-refractivity contribution in [1.82, 2.24) is 19.7 Å². The van der Waals surface area contributed by atoms with Gasteiger partial charge >= 0.3 is 6.18 Å². The maximum absolute atomic E-state index is 13.3. The molecule has 5 rings (SSSR count). The van der Waals surface area contributed by atoms with E-state index in [-0.39, 0.29) is 30.5 Å². The Morgan fingerprint density at radius 3 is 2.48 bits per heavy atom. The quantitative estimate of drug-likeness (QED) is 0.592. The maximum atomic E-state index is 13.3. The Balaban J connectivity index is 0.00000259. The van der Waals surface area contributed by atoms with Crippen LogP contribution in [0.5, 0.6) is 5.88 Å². The number of fused-ring (bicyclic) bond motifs is 3. The number of benzene rings is 1. The molecular formula is C23H25ClF3N5O. The molecule has 1 aliphatic heterocycles. The van der Waals surface area contributed by atoms with Gasteiger partial charge < -0.3 is 10.5 Å². The van der Waals surface area contributed by atoms with Crippen LogP contribution in [0.2, 0.25) is 0 Å². The highest BCUT2D eigenvalue weighted by molar-refractivity contribution is 5.85. The third kappa shape index (κ3) is 4.84. The molecular weight excluding hydrogens is 455 g/mol. The first kappa shape index (κ1) is 23.5. The molecule has 3 aromatic rings. The zero-order chi connectivity index (χ0) is 22.3. The molecule has 0 spiro atoms. The molecule has 33 heavy (non-hydrogen) atoms. The fourth-order valence-electron chi connectivity index (χ4n) is 4.75. The van der Waals surface area contributed by atoms with Gasteiger partial charge in [-0.15, -0.1) is 22.6 Å². The van der Waals surface area contributed by atoms with Crippen LogP contribution in [-0.4, -0.2) is 31.9 Å². The van der Waals surface area contributed by atoms with Crippen molar-refractivity contribution in [3.63, 3.8) is 0 Å². The van der Waals surface area contributed by atoms with Crippen LogP contribution in [0.25, 0.3) is 5.69 Å². The lowest BCUT2D eigenvalue weighted by molar-refractivity contribution is -0.137. The van der Waals surface area contributed by atoms with Crippen molar-refractivity contribution in [2.75, 3.05) is 0 Å². The third-order valence-electron chi connectivity index (χ3n) is 6.29. The molecule has 3 heterocycles. The molecule has 1 saturated carbocycles. The van der Waals surface area contributed by atoms with E-state index in [1.54, 1.807) is 6.20 Å². The van der Waals surface area contributed by atoms with E-state index in [1.807, 2.05) is 22.8 Å². The van der Waals surface area contributed by atoms with Gasteiger partial charge in [0.2, 0.25) is 5.88 Å². The lowest BCUT2D eigenvalue weighted by atomic mass is 9.86. The molecule has 1 fully saturated rings. The molecule has 176 valence electrons. The second-order valence-electron chi connectivity index (χ2n) is 8.58. The average Bonchev–Trinajstić information content (AvgIpc) is 3.11. The van der Waals surface area contributed by atoms with Crippen LogP contribution in [0, 0.1) is 0 Å². The van der Waals surface area contributed by atoms with Crippen LogP contribution in [0.3, 0.4) is 0 Å². The topological polar surface area (TPSA) is 78.9 Å². The number of rotatable bonds is 3. The monoisotopic (exact) mass is 479 g/mol. The normalized spacial score (nSPS) is 22.5. The van der Waals surface area contributed by atoms with Gasteiger partial charge in [-0.2, -0.15) is 13.2 Å². The van der Waals surface area contributed by atoms with Crippen LogP contribution in [0.1, 0.15) is 54.4 Å². The standard InChI is InChI=1S/C23H24F3N5O.ClH/c24-23(25,26)16-6-9-19-15(11-16)12-17(27)13-20-29-30-22(31(19)20)14-4-7-18(8-5-14)32-21-3-1-2-10-28-21;/h1-3,6,9-11,14,17-18H,4-5,7-8,12-13,27H2;1H. The molecule has 1 unspecified atom stereocenters. The van der Waals surface area contributed by atoms with Gasteiger partial charge in [0.05, 0.1) is 11.3 Å². The predicted molar refractivity (Wildman–Crippen MR) is 119 cm³/mol. The number of pyridine rings is 1. The minimum absolute atomic E-state index is 0. The van der Waals surface area contributed by atoms with E-state index < -0.39 is 11.7 Å². The molecule has 0 amide bonds. The molecule has 1 atom stereocenters. The van der Waals surface area contributed by atoms with Gasteiger partial charge in [-0.05, 0) is 61.9 Å². The summed E-state index contributed by atoms with van der Waals surface area (Å²) in [6.45, 7) is 0. The van der Waals surface area contributed by atoms with Crippen LogP contribution in [0.4, 0.5) is 13.2 Å². The molecule has 2 aromatic heterocycles. The molecule has 2 aliphatic rings. The molecule has 2 N–H and O–H groups in total. The van der Waals surface area contributed by atoms with Crippen LogP contribution in [0.15, 0.2) is 42.6 Å². The Hall–Kier alpha value is -2.65. The van der Waals surface area contributed by atoms with E-state index >= 15 is 0 Å². The van der Waals surface area contributed by atoms with Gasteiger partial charge in [0, 0.05) is 30.6 Å². The summed E-state index contributed by atoms with van der Waals surface area (Å²) in [5, 5.41) is 8.83. The van der Waals surface area contributed by atoms with Crippen molar-refractivity contribution in [2.45, 2.75) is 62.8 Å². The number of hydrogen-bond acceptors (Lipinski definition) is 5. The lowest BCUT2D eigenvalue weighted by Crippen LogP contribution is -2.25. The van der Waals surface area contributed by atoms with Crippen molar-refractivity contribution in [2.24, 2.45) is 5.73 Å². The predicted octanol–water partition coefficient (Wildman–Crippen LogP) is 4.63. The fourth-order valence-corrected chi connectivity index (χ4v) is 4.75. The SMILES string of the molecule is Cl.NC1Cc2cc(C(F)(F)F)ccc2-n2c(nnc2C2CCC(Oc3ccccn3)CC2)C1. The maximum Gasteiger partial charge on any atom is 0.416 e. The number of hydrogen-bond donors (Lipinski definition) is 1. The van der Waals surface area contributed by atoms with E-state index in [2.05, 4.69) is 15.2 Å². The second-order valence-corrected chi connectivity index (χ2v) is 8.58. The van der Waals surface area contributed by atoms with Gasteiger partial charge in [-0.25, -0.2) is 4.98 Å². The van der Waals surface area contributed by atoms with Gasteiger partial charge in [-0.1, -0.05) is 6.07 Å². The number of aromatic nitrogens is 4. The van der Waals surface area contributed by atoms with Gasteiger partial charge in [-0.3, -0.25) is 4.57 Å². The minimum Gasteiger partial charge on any atom is -0.474 e. The van der Waals surface area contributed by atoms with Crippen molar-refractivity contribution in [3.8, 4) is 11.6 Å². The van der Waals surface area contributed by atoms with Crippen molar-refractivity contribution < 1.29 is 17.9 Å².